The fraction of sp³-hybridized carbons (Fsp3) is 0.452. The Morgan fingerprint density at radius 1 is 0.949 bits per heavy atom. The lowest BCUT2D eigenvalue weighted by Crippen LogP contribution is -2.53. The van der Waals surface area contributed by atoms with Gasteiger partial charge in [-0.1, -0.05) is 61.4 Å². The van der Waals surface area contributed by atoms with Gasteiger partial charge in [0, 0.05) is 30.1 Å². The Morgan fingerprint density at radius 3 is 2.56 bits per heavy atom. The van der Waals surface area contributed by atoms with E-state index in [2.05, 4.69) is 0 Å². The fourth-order valence-corrected chi connectivity index (χ4v) is 9.07. The lowest BCUT2D eigenvalue weighted by atomic mass is 9.75. The number of anilines is 1. The van der Waals surface area contributed by atoms with Crippen LogP contribution >= 0.6 is 11.8 Å². The Morgan fingerprint density at radius 2 is 1.74 bits per heavy atom. The molecule has 2 amide bonds. The molecular weight excluding hydrogens is 512 g/mol. The normalized spacial score (nSPS) is 31.6. The monoisotopic (exact) mass is 546 g/mol. The third-order valence-corrected chi connectivity index (χ3v) is 10.5. The summed E-state index contributed by atoms with van der Waals surface area (Å²) < 4.78 is 3.99. The summed E-state index contributed by atoms with van der Waals surface area (Å²) in [4.78, 5) is 45.6. The highest BCUT2D eigenvalue weighted by Crippen LogP contribution is 2.65. The molecule has 1 spiro atoms. The molecule has 2 aromatic rings. The zero-order valence-corrected chi connectivity index (χ0v) is 22.9. The summed E-state index contributed by atoms with van der Waals surface area (Å²) in [6, 6.07) is 13.3. The number of unbranched alkanes of at least 4 members (excludes halogenated alkanes) is 3. The summed E-state index contributed by atoms with van der Waals surface area (Å²) in [5.74, 6) is -1.98. The molecule has 0 aliphatic carbocycles. The number of ether oxygens (including phenoxy) is 1. The molecule has 4 heterocycles. The number of fused-ring (bicyclic) bond motifs is 3. The molecule has 7 nitrogen and oxygen atoms in total. The Labute approximate surface area is 232 Å². The molecule has 5 atom stereocenters. The van der Waals surface area contributed by atoms with Gasteiger partial charge in [-0.05, 0) is 48.7 Å². The van der Waals surface area contributed by atoms with Crippen molar-refractivity contribution in [1.82, 2.24) is 4.90 Å². The molecule has 4 aliphatic rings. The van der Waals surface area contributed by atoms with Crippen LogP contribution in [0.5, 0.6) is 0 Å². The Hall–Kier alpha value is -3.10. The first-order valence-electron chi connectivity index (χ1n) is 13.8. The maximum Gasteiger partial charge on any atom is 0.311 e. The quantitative estimate of drug-likeness (QED) is 0.320. The Balaban J connectivity index is 1.41. The summed E-state index contributed by atoms with van der Waals surface area (Å²) in [6.45, 7) is 3.16. The van der Waals surface area contributed by atoms with E-state index in [0.29, 0.717) is 13.1 Å². The van der Waals surface area contributed by atoms with Crippen molar-refractivity contribution in [1.29, 1.82) is 0 Å². The van der Waals surface area contributed by atoms with Crippen molar-refractivity contribution < 1.29 is 24.2 Å². The number of amides is 2. The molecule has 1 unspecified atom stereocenters. The van der Waals surface area contributed by atoms with Gasteiger partial charge in [-0.25, -0.2) is 0 Å². The van der Waals surface area contributed by atoms with Crippen molar-refractivity contribution in [3.8, 4) is 0 Å². The second kappa shape index (κ2) is 10.1. The van der Waals surface area contributed by atoms with Crippen LogP contribution in [0, 0.1) is 11.8 Å². The van der Waals surface area contributed by atoms with Crippen molar-refractivity contribution >= 4 is 46.0 Å². The van der Waals surface area contributed by atoms with Crippen LogP contribution in [0.15, 0.2) is 66.8 Å². The van der Waals surface area contributed by atoms with Crippen LogP contribution in [0.2, 0.25) is 0 Å². The molecule has 1 N–H and O–H groups in total. The van der Waals surface area contributed by atoms with E-state index in [-0.39, 0.29) is 31.0 Å². The predicted octanol–water partition coefficient (Wildman–Crippen LogP) is 4.10. The number of nitrogens with zero attached hydrogens (tertiary/aromatic N) is 2. The van der Waals surface area contributed by atoms with E-state index in [4.69, 9.17) is 9.84 Å². The molecule has 0 aromatic heterocycles. The van der Waals surface area contributed by atoms with Gasteiger partial charge in [0.1, 0.15) is 12.6 Å². The van der Waals surface area contributed by atoms with Crippen LogP contribution in [-0.4, -0.2) is 69.6 Å². The maximum atomic E-state index is 14.6. The first kappa shape index (κ1) is 26.1. The number of aliphatic hydroxyl groups excluding tert-OH is 1. The lowest BCUT2D eigenvalue weighted by molar-refractivity contribution is -0.152. The number of likely N-dealkylation sites (tertiary alicyclic amines) is 1. The molecule has 2 aromatic carbocycles. The third-order valence-electron chi connectivity index (χ3n) is 8.66. The summed E-state index contributed by atoms with van der Waals surface area (Å²) in [6.07, 6.45) is 11.0. The highest BCUT2D eigenvalue weighted by atomic mass is 32.2. The Bertz CT molecular complexity index is 1370. The highest BCUT2D eigenvalue weighted by Gasteiger charge is 2.74. The number of rotatable bonds is 7. The van der Waals surface area contributed by atoms with E-state index in [1.54, 1.807) is 21.6 Å². The standard InChI is InChI=1S/C31H34N2O5S/c1-30-14-9-19-38-29(37)25(30)24-27(35)33(16-6-2-3-7-18-34)26-28(36)32(17-8-15-31(24,26)39-30)23-13-12-21-10-4-5-11-22(21)20-23/h4-5,8-15,20,24-26,34H,2-3,6-7,16-19H2,1H3/t24-,25-,26?,30+,31-/m0/s1. The van der Waals surface area contributed by atoms with Crippen molar-refractivity contribution in [2.45, 2.75) is 48.1 Å². The van der Waals surface area contributed by atoms with Crippen LogP contribution in [-0.2, 0) is 19.1 Å². The minimum atomic E-state index is -0.870. The molecule has 204 valence electrons. The first-order valence-corrected chi connectivity index (χ1v) is 14.6. The zero-order chi connectivity index (χ0) is 27.2. The van der Waals surface area contributed by atoms with Gasteiger partial charge in [0.05, 0.1) is 16.6 Å². The van der Waals surface area contributed by atoms with Crippen LogP contribution in [0.4, 0.5) is 5.69 Å². The number of cyclic esters (lactones) is 1. The molecule has 6 rings (SSSR count). The molecule has 2 saturated heterocycles. The predicted molar refractivity (Wildman–Crippen MR) is 152 cm³/mol. The number of aliphatic hydroxyl groups is 1. The van der Waals surface area contributed by atoms with Gasteiger partial charge in [0.25, 0.3) is 5.91 Å². The van der Waals surface area contributed by atoms with Crippen LogP contribution in [0.3, 0.4) is 0 Å². The van der Waals surface area contributed by atoms with Gasteiger partial charge in [0.15, 0.2) is 0 Å². The average molecular weight is 547 g/mol. The molecule has 0 radical (unpaired) electrons. The highest BCUT2D eigenvalue weighted by molar-refractivity contribution is 8.02. The maximum absolute atomic E-state index is 14.6. The van der Waals surface area contributed by atoms with Crippen LogP contribution in [0.25, 0.3) is 10.8 Å². The number of hydrogen-bond acceptors (Lipinski definition) is 6. The number of carbonyl (C=O) groups is 3. The second-order valence-corrected chi connectivity index (χ2v) is 12.9. The van der Waals surface area contributed by atoms with Gasteiger partial charge in [-0.2, -0.15) is 0 Å². The molecular formula is C31H34N2O5S. The van der Waals surface area contributed by atoms with Crippen molar-refractivity contribution in [2.75, 3.05) is 31.2 Å². The van der Waals surface area contributed by atoms with Gasteiger partial charge < -0.3 is 19.6 Å². The SMILES string of the molecule is C[C@@]12C=CCOC(=O)[C@@H]1[C@H]1C(=O)N(CCCCCCO)C3C(=O)N(c4ccc5ccccc5c4)CC=C[C@@]31S2. The third kappa shape index (κ3) is 4.19. The van der Waals surface area contributed by atoms with E-state index in [9.17, 15) is 14.4 Å². The van der Waals surface area contributed by atoms with Crippen molar-refractivity contribution in [3.63, 3.8) is 0 Å². The average Bonchev–Trinajstić information content (AvgIpc) is 3.18. The zero-order valence-electron chi connectivity index (χ0n) is 22.1. The number of carbonyl (C=O) groups excluding carboxylic acids is 3. The van der Waals surface area contributed by atoms with E-state index in [0.717, 1.165) is 42.1 Å². The van der Waals surface area contributed by atoms with Gasteiger partial charge in [-0.15, -0.1) is 11.8 Å². The molecule has 39 heavy (non-hydrogen) atoms. The smallest absolute Gasteiger partial charge is 0.311 e. The molecule has 4 aliphatic heterocycles. The largest absolute Gasteiger partial charge is 0.461 e. The number of hydrogen-bond donors (Lipinski definition) is 1. The van der Waals surface area contributed by atoms with Crippen molar-refractivity contribution in [2.24, 2.45) is 11.8 Å². The second-order valence-electron chi connectivity index (χ2n) is 11.1. The number of esters is 1. The number of benzene rings is 2. The van der Waals surface area contributed by atoms with Crippen LogP contribution in [0.1, 0.15) is 32.6 Å². The van der Waals surface area contributed by atoms with Gasteiger partial charge in [-0.3, -0.25) is 14.4 Å². The molecule has 0 bridgehead atoms. The summed E-state index contributed by atoms with van der Waals surface area (Å²) in [5.41, 5.74) is 0.793. The molecule has 2 fully saturated rings. The minimum Gasteiger partial charge on any atom is -0.461 e. The van der Waals surface area contributed by atoms with E-state index in [1.165, 1.54) is 0 Å². The van der Waals surface area contributed by atoms with E-state index < -0.39 is 27.4 Å². The van der Waals surface area contributed by atoms with Crippen LogP contribution < -0.4 is 4.90 Å². The first-order chi connectivity index (χ1) is 18.9. The fourth-order valence-electron chi connectivity index (χ4n) is 6.92. The van der Waals surface area contributed by atoms with Gasteiger partial charge in [0.2, 0.25) is 5.91 Å². The number of thioether (sulfide) groups is 1. The van der Waals surface area contributed by atoms with Gasteiger partial charge >= 0.3 is 5.97 Å². The summed E-state index contributed by atoms with van der Waals surface area (Å²) in [7, 11) is 0. The lowest BCUT2D eigenvalue weighted by Gasteiger charge is -2.36. The summed E-state index contributed by atoms with van der Waals surface area (Å²) in [5, 5.41) is 11.3. The van der Waals surface area contributed by atoms with Crippen molar-refractivity contribution in [3.05, 3.63) is 66.8 Å². The minimum absolute atomic E-state index is 0.119. The van der Waals surface area contributed by atoms with E-state index in [1.807, 2.05) is 73.7 Å². The Kier molecular flexibility index (Phi) is 6.79. The summed E-state index contributed by atoms with van der Waals surface area (Å²) >= 11 is 1.57. The topological polar surface area (TPSA) is 87.1 Å². The molecule has 0 saturated carbocycles. The molecule has 8 heteroatoms. The van der Waals surface area contributed by atoms with E-state index >= 15 is 0 Å².